The molecular weight excluding hydrogens is 193 g/mol. The fraction of sp³-hybridized carbons (Fsp3) is 1.00. The van der Waals surface area contributed by atoms with Gasteiger partial charge in [0.1, 0.15) is 0 Å². The molecule has 1 atom stereocenters. The van der Waals surface area contributed by atoms with Gasteiger partial charge in [0.05, 0.1) is 0 Å². The molecule has 0 rings (SSSR count). The summed E-state index contributed by atoms with van der Waals surface area (Å²) in [4.78, 5) is 2.35. The van der Waals surface area contributed by atoms with Gasteiger partial charge in [-0.05, 0) is 0 Å². The molecule has 0 saturated heterocycles. The number of nitrogens with two attached hydrogens (primary N) is 1. The molecular formula is C5H13NSn. The molecule has 7 heavy (non-hydrogen) atoms. The Labute approximate surface area is 55.9 Å². The van der Waals surface area contributed by atoms with E-state index in [1.807, 2.05) is 0 Å². The number of hydrogen-bond acceptors (Lipinski definition) is 1. The molecule has 0 aliphatic rings. The van der Waals surface area contributed by atoms with Gasteiger partial charge in [-0.2, -0.15) is 0 Å². The molecule has 0 saturated carbocycles. The van der Waals surface area contributed by atoms with Crippen LogP contribution in [0, 0.1) is 0 Å². The minimum absolute atomic E-state index is 0.0730. The van der Waals surface area contributed by atoms with Crippen molar-refractivity contribution in [2.75, 3.05) is 0 Å². The summed E-state index contributed by atoms with van der Waals surface area (Å²) < 4.78 is 1.45. The van der Waals surface area contributed by atoms with E-state index in [9.17, 15) is 0 Å². The van der Waals surface area contributed by atoms with Crippen molar-refractivity contribution in [2.24, 2.45) is 5.73 Å². The second-order valence-corrected chi connectivity index (χ2v) is 5.31. The van der Waals surface area contributed by atoms with Crippen molar-refractivity contribution in [2.45, 2.75) is 28.8 Å². The summed E-state index contributed by atoms with van der Waals surface area (Å²) in [6.07, 6.45) is 1.25. The van der Waals surface area contributed by atoms with Gasteiger partial charge >= 0.3 is 55.6 Å². The molecule has 0 aromatic heterocycles. The Morgan fingerprint density at radius 3 is 2.43 bits per heavy atom. The maximum absolute atomic E-state index is 5.51. The molecule has 0 aliphatic carbocycles. The van der Waals surface area contributed by atoms with Gasteiger partial charge in [0.25, 0.3) is 0 Å². The van der Waals surface area contributed by atoms with E-state index in [1.54, 1.807) is 0 Å². The van der Waals surface area contributed by atoms with E-state index >= 15 is 0 Å². The Hall–Kier alpha value is 0.759. The zero-order valence-corrected chi connectivity index (χ0v) is 7.92. The molecule has 1 unspecified atom stereocenters. The fourth-order valence-electron chi connectivity index (χ4n) is 0.372. The Kier molecular flexibility index (Phi) is 5.44. The van der Waals surface area contributed by atoms with E-state index in [2.05, 4.69) is 11.9 Å². The Balaban J connectivity index is 2.68. The van der Waals surface area contributed by atoms with Crippen molar-refractivity contribution in [1.29, 1.82) is 0 Å². The molecule has 0 amide bonds. The fourth-order valence-corrected chi connectivity index (χ4v) is 2.50. The Bertz CT molecular complexity index is 37.1. The average Bonchev–Trinajstić information content (AvgIpc) is 1.61. The van der Waals surface area contributed by atoms with Crippen molar-refractivity contribution in [3.63, 3.8) is 0 Å². The van der Waals surface area contributed by atoms with Crippen molar-refractivity contribution in [3.8, 4) is 0 Å². The van der Waals surface area contributed by atoms with Gasteiger partial charge in [-0.15, -0.1) is 0 Å². The van der Waals surface area contributed by atoms with Gasteiger partial charge in [0.2, 0.25) is 0 Å². The standard InChI is InChI=1S/C4H10N.CH3.Sn/c1-3-4(2)5;;/h4H,1,3,5H2,2H3;1H3;. The van der Waals surface area contributed by atoms with Crippen molar-refractivity contribution in [1.82, 2.24) is 0 Å². The van der Waals surface area contributed by atoms with Crippen LogP contribution in [-0.2, 0) is 0 Å². The molecule has 0 fully saturated rings. The van der Waals surface area contributed by atoms with Gasteiger partial charge in [-0.25, -0.2) is 0 Å². The molecule has 0 aromatic rings. The number of rotatable bonds is 3. The van der Waals surface area contributed by atoms with E-state index in [0.29, 0.717) is 6.04 Å². The van der Waals surface area contributed by atoms with E-state index in [-0.39, 0.29) is 21.1 Å². The SMILES string of the molecule is [CH3][Sn][CH2]CC(C)N. The van der Waals surface area contributed by atoms with Gasteiger partial charge in [-0.3, -0.25) is 0 Å². The molecule has 42 valence electrons. The van der Waals surface area contributed by atoms with Crippen LogP contribution in [0.4, 0.5) is 0 Å². The quantitative estimate of drug-likeness (QED) is 0.681. The first kappa shape index (κ1) is 7.76. The first-order valence-electron chi connectivity index (χ1n) is 2.67. The van der Waals surface area contributed by atoms with Crippen LogP contribution in [0.15, 0.2) is 0 Å². The van der Waals surface area contributed by atoms with E-state index in [1.165, 1.54) is 10.9 Å². The molecule has 2 N–H and O–H groups in total. The van der Waals surface area contributed by atoms with E-state index in [4.69, 9.17) is 5.73 Å². The Morgan fingerprint density at radius 1 is 1.71 bits per heavy atom. The summed E-state index contributed by atoms with van der Waals surface area (Å²) in [5.74, 6) is 0. The molecule has 0 aliphatic heterocycles. The topological polar surface area (TPSA) is 26.0 Å². The minimum atomic E-state index is 0.0730. The summed E-state index contributed by atoms with van der Waals surface area (Å²) in [6, 6.07) is 0.445. The third kappa shape index (κ3) is 6.76. The summed E-state index contributed by atoms with van der Waals surface area (Å²) in [5, 5.41) is 0. The maximum atomic E-state index is 5.51. The zero-order valence-electron chi connectivity index (χ0n) is 5.07. The van der Waals surface area contributed by atoms with Crippen LogP contribution in [0.25, 0.3) is 0 Å². The average molecular weight is 206 g/mol. The van der Waals surface area contributed by atoms with E-state index < -0.39 is 0 Å². The number of hydrogen-bond donors (Lipinski definition) is 1. The molecule has 2 heteroatoms. The predicted molar refractivity (Wildman–Crippen MR) is 34.7 cm³/mol. The monoisotopic (exact) mass is 207 g/mol. The second kappa shape index (κ2) is 4.91. The van der Waals surface area contributed by atoms with Crippen molar-refractivity contribution >= 4 is 21.1 Å². The summed E-state index contributed by atoms with van der Waals surface area (Å²) >= 11 is 0.0730. The van der Waals surface area contributed by atoms with Gasteiger partial charge in [0, 0.05) is 0 Å². The molecule has 2 radical (unpaired) electrons. The second-order valence-electron chi connectivity index (χ2n) is 1.87. The van der Waals surface area contributed by atoms with Crippen molar-refractivity contribution < 1.29 is 0 Å². The first-order chi connectivity index (χ1) is 3.27. The Morgan fingerprint density at radius 2 is 2.29 bits per heavy atom. The molecule has 0 bridgehead atoms. The molecule has 0 heterocycles. The summed E-state index contributed by atoms with van der Waals surface area (Å²) in [6.45, 7) is 2.08. The van der Waals surface area contributed by atoms with Gasteiger partial charge < -0.3 is 0 Å². The normalized spacial score (nSPS) is 14.1. The van der Waals surface area contributed by atoms with Crippen molar-refractivity contribution in [3.05, 3.63) is 0 Å². The van der Waals surface area contributed by atoms with Crippen LogP contribution < -0.4 is 5.73 Å². The predicted octanol–water partition coefficient (Wildman–Crippen LogP) is 0.894. The summed E-state index contributed by atoms with van der Waals surface area (Å²) in [7, 11) is 0. The third-order valence-corrected chi connectivity index (χ3v) is 3.10. The third-order valence-electron chi connectivity index (χ3n) is 0.850. The summed E-state index contributed by atoms with van der Waals surface area (Å²) in [5.41, 5.74) is 5.51. The molecule has 0 spiro atoms. The van der Waals surface area contributed by atoms with Crippen LogP contribution in [0.5, 0.6) is 0 Å². The molecule has 1 nitrogen and oxygen atoms in total. The zero-order chi connectivity index (χ0) is 5.70. The van der Waals surface area contributed by atoms with Gasteiger partial charge in [0.15, 0.2) is 0 Å². The molecule has 0 aromatic carbocycles. The van der Waals surface area contributed by atoms with Crippen LogP contribution in [0.2, 0.25) is 9.38 Å². The van der Waals surface area contributed by atoms with Gasteiger partial charge in [-0.1, -0.05) is 0 Å². The van der Waals surface area contributed by atoms with Crippen LogP contribution >= 0.6 is 0 Å². The van der Waals surface area contributed by atoms with E-state index in [0.717, 1.165) is 0 Å². The van der Waals surface area contributed by atoms with Crippen LogP contribution in [-0.4, -0.2) is 27.2 Å². The van der Waals surface area contributed by atoms with Crippen LogP contribution in [0.1, 0.15) is 13.3 Å². The van der Waals surface area contributed by atoms with Crippen LogP contribution in [0.3, 0.4) is 0 Å². The first-order valence-corrected chi connectivity index (χ1v) is 7.54.